The van der Waals surface area contributed by atoms with Gasteiger partial charge >= 0.3 is 103 Å². The molecule has 0 aromatic heterocycles. The van der Waals surface area contributed by atoms with E-state index in [0.29, 0.717) is 8.64 Å². The molecule has 0 unspecified atom stereocenters. The molecule has 1 rings (SSSR count). The fourth-order valence-corrected chi connectivity index (χ4v) is 1.80. The molecule has 0 bridgehead atoms. The van der Waals surface area contributed by atoms with Gasteiger partial charge in [0.15, 0.2) is 0 Å². The molecule has 0 amide bonds. The fourth-order valence-electron chi connectivity index (χ4n) is 1.07. The average molecular weight is 351 g/mol. The Balaban J connectivity index is -0.000000180. The Morgan fingerprint density at radius 3 is 1.06 bits per heavy atom. The van der Waals surface area contributed by atoms with Crippen molar-refractivity contribution in [2.75, 3.05) is 26.2 Å². The molecule has 1 aliphatic rings. The predicted octanol–water partition coefficient (Wildman–Crippen LogP) is -7.37. The van der Waals surface area contributed by atoms with Gasteiger partial charge in [-0.25, -0.2) is 0 Å². The maximum atomic E-state index is 4.88. The average Bonchev–Trinajstić information content (AvgIpc) is 2.04. The molecule has 0 aromatic rings. The van der Waals surface area contributed by atoms with Crippen LogP contribution in [0.2, 0.25) is 0 Å². The normalized spacial score (nSPS) is 13.2. The SMILES string of the molecule is O.O.S=C([S-])N1CCN(C(=S)[S-])CC1.[K+].[K+]. The second-order valence-corrected chi connectivity index (χ2v) is 4.57. The largest absolute Gasteiger partial charge is 1.00 e. The smallest absolute Gasteiger partial charge is 0.412 e. The quantitative estimate of drug-likeness (QED) is 0.246. The van der Waals surface area contributed by atoms with Crippen LogP contribution in [0.1, 0.15) is 0 Å². The van der Waals surface area contributed by atoms with Crippen LogP contribution in [-0.2, 0) is 25.3 Å². The number of hydrogen-bond acceptors (Lipinski definition) is 4. The van der Waals surface area contributed by atoms with E-state index in [9.17, 15) is 0 Å². The first-order chi connectivity index (χ1) is 5.61. The molecule has 16 heavy (non-hydrogen) atoms. The Morgan fingerprint density at radius 1 is 0.750 bits per heavy atom. The van der Waals surface area contributed by atoms with Crippen LogP contribution in [0.3, 0.4) is 0 Å². The Morgan fingerprint density at radius 2 is 0.938 bits per heavy atom. The van der Waals surface area contributed by atoms with Crippen molar-refractivity contribution < 1.29 is 114 Å². The second kappa shape index (κ2) is 14.8. The van der Waals surface area contributed by atoms with Gasteiger partial charge in [-0.1, -0.05) is 8.64 Å². The zero-order valence-corrected chi connectivity index (χ0v) is 18.9. The van der Waals surface area contributed by atoms with E-state index in [1.807, 2.05) is 9.80 Å². The van der Waals surface area contributed by atoms with Crippen LogP contribution in [0.15, 0.2) is 0 Å². The number of nitrogens with zero attached hydrogens (tertiary/aromatic N) is 2. The van der Waals surface area contributed by atoms with Crippen LogP contribution in [-0.4, -0.2) is 55.6 Å². The molecular weight excluding hydrogens is 339 g/mol. The summed E-state index contributed by atoms with van der Waals surface area (Å²) in [5.74, 6) is 0. The molecule has 84 valence electrons. The molecule has 0 spiro atoms. The van der Waals surface area contributed by atoms with E-state index < -0.39 is 0 Å². The van der Waals surface area contributed by atoms with Crippen molar-refractivity contribution in [1.82, 2.24) is 9.80 Å². The summed E-state index contributed by atoms with van der Waals surface area (Å²) in [5.41, 5.74) is 0. The Bertz CT molecular complexity index is 193. The maximum Gasteiger partial charge on any atom is 1.00 e. The minimum Gasteiger partial charge on any atom is -0.412 e. The van der Waals surface area contributed by atoms with Crippen molar-refractivity contribution in [2.45, 2.75) is 0 Å². The van der Waals surface area contributed by atoms with Crippen LogP contribution in [0, 0.1) is 0 Å². The van der Waals surface area contributed by atoms with E-state index in [1.54, 1.807) is 0 Å². The topological polar surface area (TPSA) is 69.5 Å². The molecular formula is C6H12K2N2O2S4. The van der Waals surface area contributed by atoms with E-state index in [-0.39, 0.29) is 114 Å². The zero-order valence-electron chi connectivity index (χ0n) is 9.36. The summed E-state index contributed by atoms with van der Waals surface area (Å²) in [4.78, 5) is 3.99. The molecule has 4 N–H and O–H groups in total. The predicted molar refractivity (Wildman–Crippen MR) is 70.3 cm³/mol. The third kappa shape index (κ3) is 10.2. The molecule has 0 aliphatic carbocycles. The molecule has 1 fully saturated rings. The first-order valence-corrected chi connectivity index (χ1v) is 5.16. The van der Waals surface area contributed by atoms with Gasteiger partial charge in [-0.05, 0) is 0 Å². The van der Waals surface area contributed by atoms with Crippen LogP contribution in [0.25, 0.3) is 0 Å². The van der Waals surface area contributed by atoms with Crippen molar-refractivity contribution >= 4 is 58.3 Å². The van der Waals surface area contributed by atoms with E-state index >= 15 is 0 Å². The summed E-state index contributed by atoms with van der Waals surface area (Å²) in [7, 11) is 0. The second-order valence-electron chi connectivity index (χ2n) is 2.51. The van der Waals surface area contributed by atoms with Gasteiger partial charge in [0.25, 0.3) is 0 Å². The summed E-state index contributed by atoms with van der Waals surface area (Å²) in [6.07, 6.45) is 0. The minimum atomic E-state index is 0. The Kier molecular flexibility index (Phi) is 25.7. The van der Waals surface area contributed by atoms with Crippen molar-refractivity contribution in [3.8, 4) is 0 Å². The molecule has 0 aromatic carbocycles. The molecule has 1 aliphatic heterocycles. The van der Waals surface area contributed by atoms with Crippen molar-refractivity contribution in [3.63, 3.8) is 0 Å². The van der Waals surface area contributed by atoms with Crippen molar-refractivity contribution in [3.05, 3.63) is 0 Å². The maximum absolute atomic E-state index is 4.88. The zero-order chi connectivity index (χ0) is 9.14. The van der Waals surface area contributed by atoms with Crippen LogP contribution >= 0.6 is 24.4 Å². The summed E-state index contributed by atoms with van der Waals surface area (Å²) in [6, 6.07) is 0. The van der Waals surface area contributed by atoms with E-state index in [0.717, 1.165) is 26.2 Å². The summed E-state index contributed by atoms with van der Waals surface area (Å²) in [5, 5.41) is 0. The van der Waals surface area contributed by atoms with Gasteiger partial charge in [0.2, 0.25) is 0 Å². The number of piperazine rings is 1. The standard InChI is InChI=1S/C6H10N2S4.2K.2H2O/c9-5(10)7-1-2-8(4-3-7)6(11)12;;;;/h1-4H2,(H,9,10)(H,11,12);;;2*1H2/q;2*+1;;/p-2. The third-order valence-electron chi connectivity index (χ3n) is 1.80. The molecule has 0 radical (unpaired) electrons. The molecule has 0 atom stereocenters. The molecule has 0 saturated carbocycles. The van der Waals surface area contributed by atoms with Gasteiger partial charge in [0.1, 0.15) is 0 Å². The van der Waals surface area contributed by atoms with Gasteiger partial charge in [0, 0.05) is 26.2 Å². The first kappa shape index (κ1) is 27.7. The number of rotatable bonds is 0. The van der Waals surface area contributed by atoms with Crippen LogP contribution in [0.5, 0.6) is 0 Å². The van der Waals surface area contributed by atoms with Gasteiger partial charge in [-0.15, -0.1) is 0 Å². The Hall–Kier alpha value is 3.41. The summed E-state index contributed by atoms with van der Waals surface area (Å²) >= 11 is 19.5. The van der Waals surface area contributed by atoms with E-state index in [2.05, 4.69) is 0 Å². The molecule has 1 saturated heterocycles. The summed E-state index contributed by atoms with van der Waals surface area (Å²) < 4.78 is 1.09. The molecule has 1 heterocycles. The van der Waals surface area contributed by atoms with Crippen molar-refractivity contribution in [2.24, 2.45) is 0 Å². The van der Waals surface area contributed by atoms with E-state index in [4.69, 9.17) is 49.7 Å². The van der Waals surface area contributed by atoms with Gasteiger partial charge in [0.05, 0.1) is 0 Å². The van der Waals surface area contributed by atoms with Gasteiger partial charge in [-0.3, -0.25) is 0 Å². The monoisotopic (exact) mass is 350 g/mol. The third-order valence-corrected chi connectivity index (χ3v) is 2.83. The minimum absolute atomic E-state index is 0. The molecule has 4 nitrogen and oxygen atoms in total. The molecule has 10 heteroatoms. The fraction of sp³-hybridized carbons (Fsp3) is 0.667. The van der Waals surface area contributed by atoms with Crippen LogP contribution < -0.4 is 103 Å². The number of thiocarbonyl (C=S) groups is 2. The number of hydrogen-bond donors (Lipinski definition) is 0. The first-order valence-electron chi connectivity index (χ1n) is 3.53. The summed E-state index contributed by atoms with van der Waals surface area (Å²) in [6.45, 7) is 3.39. The van der Waals surface area contributed by atoms with E-state index in [1.165, 1.54) is 0 Å². The Labute approximate surface area is 203 Å². The van der Waals surface area contributed by atoms with Gasteiger partial charge < -0.3 is 70.4 Å². The van der Waals surface area contributed by atoms with Gasteiger partial charge in [-0.2, -0.15) is 0 Å². The van der Waals surface area contributed by atoms with Crippen LogP contribution in [0.4, 0.5) is 0 Å². The van der Waals surface area contributed by atoms with Crippen molar-refractivity contribution in [1.29, 1.82) is 0 Å².